The summed E-state index contributed by atoms with van der Waals surface area (Å²) in [4.78, 5) is 0. The molecule has 0 amide bonds. The molecule has 0 aliphatic carbocycles. The molecular weight excluding hydrogens is 112 g/mol. The van der Waals surface area contributed by atoms with E-state index in [9.17, 15) is 0 Å². The first-order chi connectivity index (χ1) is 4.20. The largest absolute Gasteiger partial charge is 0.396 e. The van der Waals surface area contributed by atoms with Gasteiger partial charge in [-0.3, -0.25) is 0 Å². The number of rotatable bonds is 4. The van der Waals surface area contributed by atoms with Crippen LogP contribution in [0.3, 0.4) is 0 Å². The minimum absolute atomic E-state index is 0.356. The zero-order valence-corrected chi connectivity index (χ0v) is 6.72. The van der Waals surface area contributed by atoms with Crippen LogP contribution in [0.15, 0.2) is 0 Å². The average molecular weight is 130 g/mol. The van der Waals surface area contributed by atoms with E-state index in [1.807, 2.05) is 0 Å². The Morgan fingerprint density at radius 2 is 1.89 bits per heavy atom. The summed E-state index contributed by atoms with van der Waals surface area (Å²) in [6, 6.07) is 0. The maximum atomic E-state index is 8.77. The lowest BCUT2D eigenvalue weighted by molar-refractivity contribution is 0.202. The lowest BCUT2D eigenvalue weighted by Gasteiger charge is -2.12. The summed E-state index contributed by atoms with van der Waals surface area (Å²) in [6.07, 6.45) is 2.27. The molecule has 0 aromatic carbocycles. The van der Waals surface area contributed by atoms with E-state index in [0.717, 1.165) is 18.8 Å². The zero-order chi connectivity index (χ0) is 7.28. The summed E-state index contributed by atoms with van der Waals surface area (Å²) in [7, 11) is 0. The number of aliphatic hydroxyl groups is 1. The number of aliphatic hydroxyl groups excluding tert-OH is 1. The first kappa shape index (κ1) is 8.96. The molecule has 9 heavy (non-hydrogen) atoms. The number of hydrogen-bond acceptors (Lipinski definition) is 1. The fourth-order valence-electron chi connectivity index (χ4n) is 1.04. The third-order valence-corrected chi connectivity index (χ3v) is 1.64. The Morgan fingerprint density at radius 1 is 1.33 bits per heavy atom. The highest BCUT2D eigenvalue weighted by Crippen LogP contribution is 2.13. The van der Waals surface area contributed by atoms with Gasteiger partial charge in [-0.25, -0.2) is 0 Å². The van der Waals surface area contributed by atoms with Crippen LogP contribution in [0.2, 0.25) is 0 Å². The normalized spacial score (nSPS) is 14.3. The van der Waals surface area contributed by atoms with Gasteiger partial charge in [0, 0.05) is 6.61 Å². The number of hydrogen-bond donors (Lipinski definition) is 1. The molecule has 1 heteroatoms. The van der Waals surface area contributed by atoms with Gasteiger partial charge in [0.25, 0.3) is 0 Å². The van der Waals surface area contributed by atoms with Crippen LogP contribution in [0, 0.1) is 11.8 Å². The van der Waals surface area contributed by atoms with E-state index in [0.29, 0.717) is 12.5 Å². The van der Waals surface area contributed by atoms with E-state index < -0.39 is 0 Å². The predicted molar refractivity (Wildman–Crippen MR) is 40.3 cm³/mol. The quantitative estimate of drug-likeness (QED) is 0.617. The molecule has 1 nitrogen and oxygen atoms in total. The molecule has 56 valence electrons. The molecule has 0 aromatic heterocycles. The SMILES string of the molecule is CCC(CO)CC(C)C. The standard InChI is InChI=1S/C8H18O/c1-4-8(6-9)5-7(2)3/h7-9H,4-6H2,1-3H3. The van der Waals surface area contributed by atoms with E-state index in [-0.39, 0.29) is 0 Å². The van der Waals surface area contributed by atoms with Crippen LogP contribution in [0.25, 0.3) is 0 Å². The summed E-state index contributed by atoms with van der Waals surface area (Å²) in [5.41, 5.74) is 0. The van der Waals surface area contributed by atoms with Crippen molar-refractivity contribution < 1.29 is 5.11 Å². The van der Waals surface area contributed by atoms with Crippen LogP contribution >= 0.6 is 0 Å². The molecule has 1 N–H and O–H groups in total. The monoisotopic (exact) mass is 130 g/mol. The van der Waals surface area contributed by atoms with Gasteiger partial charge in [-0.1, -0.05) is 27.2 Å². The first-order valence-electron chi connectivity index (χ1n) is 3.81. The first-order valence-corrected chi connectivity index (χ1v) is 3.81. The maximum absolute atomic E-state index is 8.77. The summed E-state index contributed by atoms with van der Waals surface area (Å²) in [5, 5.41) is 8.77. The summed E-state index contributed by atoms with van der Waals surface area (Å²) >= 11 is 0. The highest BCUT2D eigenvalue weighted by Gasteiger charge is 2.05. The van der Waals surface area contributed by atoms with Crippen molar-refractivity contribution in [3.05, 3.63) is 0 Å². The van der Waals surface area contributed by atoms with Crippen LogP contribution in [-0.4, -0.2) is 11.7 Å². The van der Waals surface area contributed by atoms with Gasteiger partial charge >= 0.3 is 0 Å². The van der Waals surface area contributed by atoms with Crippen LogP contribution in [-0.2, 0) is 0 Å². The van der Waals surface area contributed by atoms with Gasteiger partial charge < -0.3 is 5.11 Å². The molecule has 0 heterocycles. The zero-order valence-electron chi connectivity index (χ0n) is 6.72. The molecule has 0 saturated heterocycles. The van der Waals surface area contributed by atoms with Crippen molar-refractivity contribution in [2.45, 2.75) is 33.6 Å². The van der Waals surface area contributed by atoms with E-state index in [2.05, 4.69) is 20.8 Å². The molecule has 0 radical (unpaired) electrons. The van der Waals surface area contributed by atoms with Crippen molar-refractivity contribution in [1.82, 2.24) is 0 Å². The highest BCUT2D eigenvalue weighted by molar-refractivity contribution is 4.56. The van der Waals surface area contributed by atoms with Crippen molar-refractivity contribution in [3.63, 3.8) is 0 Å². The van der Waals surface area contributed by atoms with Gasteiger partial charge in [-0.2, -0.15) is 0 Å². The van der Waals surface area contributed by atoms with Gasteiger partial charge in [0.1, 0.15) is 0 Å². The van der Waals surface area contributed by atoms with Crippen molar-refractivity contribution in [3.8, 4) is 0 Å². The predicted octanol–water partition coefficient (Wildman–Crippen LogP) is 2.05. The van der Waals surface area contributed by atoms with Crippen LogP contribution < -0.4 is 0 Å². The molecule has 0 saturated carbocycles. The van der Waals surface area contributed by atoms with E-state index in [1.165, 1.54) is 0 Å². The topological polar surface area (TPSA) is 20.2 Å². The third-order valence-electron chi connectivity index (χ3n) is 1.64. The van der Waals surface area contributed by atoms with Gasteiger partial charge in [0.2, 0.25) is 0 Å². The highest BCUT2D eigenvalue weighted by atomic mass is 16.3. The van der Waals surface area contributed by atoms with Crippen molar-refractivity contribution in [2.75, 3.05) is 6.61 Å². The fourth-order valence-corrected chi connectivity index (χ4v) is 1.04. The van der Waals surface area contributed by atoms with Gasteiger partial charge in [-0.15, -0.1) is 0 Å². The van der Waals surface area contributed by atoms with Crippen molar-refractivity contribution in [1.29, 1.82) is 0 Å². The van der Waals surface area contributed by atoms with E-state index in [1.54, 1.807) is 0 Å². The summed E-state index contributed by atoms with van der Waals surface area (Å²) in [6.45, 7) is 6.87. The molecule has 0 fully saturated rings. The Hall–Kier alpha value is -0.0400. The second-order valence-electron chi connectivity index (χ2n) is 3.09. The van der Waals surface area contributed by atoms with Crippen molar-refractivity contribution in [2.24, 2.45) is 11.8 Å². The van der Waals surface area contributed by atoms with Gasteiger partial charge in [-0.05, 0) is 18.3 Å². The molecule has 0 bridgehead atoms. The van der Waals surface area contributed by atoms with E-state index in [4.69, 9.17) is 5.11 Å². The fraction of sp³-hybridized carbons (Fsp3) is 1.00. The minimum Gasteiger partial charge on any atom is -0.396 e. The average Bonchev–Trinajstić information content (AvgIpc) is 1.82. The summed E-state index contributed by atoms with van der Waals surface area (Å²) < 4.78 is 0. The Balaban J connectivity index is 3.31. The van der Waals surface area contributed by atoms with E-state index >= 15 is 0 Å². The van der Waals surface area contributed by atoms with Crippen LogP contribution in [0.1, 0.15) is 33.6 Å². The Kier molecular flexibility index (Phi) is 4.78. The van der Waals surface area contributed by atoms with Crippen molar-refractivity contribution >= 4 is 0 Å². The molecule has 1 atom stereocenters. The second kappa shape index (κ2) is 4.80. The second-order valence-corrected chi connectivity index (χ2v) is 3.09. The lowest BCUT2D eigenvalue weighted by Crippen LogP contribution is -2.07. The minimum atomic E-state index is 0.356. The molecular formula is C8H18O. The molecule has 0 rings (SSSR count). The van der Waals surface area contributed by atoms with Crippen LogP contribution in [0.4, 0.5) is 0 Å². The summed E-state index contributed by atoms with van der Waals surface area (Å²) in [5.74, 6) is 1.26. The Morgan fingerprint density at radius 3 is 2.00 bits per heavy atom. The van der Waals surface area contributed by atoms with Gasteiger partial charge in [0.05, 0.1) is 0 Å². The molecule has 0 aromatic rings. The molecule has 0 aliphatic heterocycles. The Labute approximate surface area is 58.1 Å². The maximum Gasteiger partial charge on any atom is 0.0459 e. The molecule has 0 spiro atoms. The smallest absolute Gasteiger partial charge is 0.0459 e. The van der Waals surface area contributed by atoms with Gasteiger partial charge in [0.15, 0.2) is 0 Å². The lowest BCUT2D eigenvalue weighted by atomic mass is 9.96. The third kappa shape index (κ3) is 4.46. The molecule has 1 unspecified atom stereocenters. The Bertz CT molecular complexity index is 55.6. The van der Waals surface area contributed by atoms with Crippen LogP contribution in [0.5, 0.6) is 0 Å². The molecule has 0 aliphatic rings.